The summed E-state index contributed by atoms with van der Waals surface area (Å²) in [7, 11) is 1.65. The minimum atomic E-state index is -0.327. The molecular formula is C19H28N2O3. The molecule has 2 rings (SSSR count). The second kappa shape index (κ2) is 8.18. The first-order valence-corrected chi connectivity index (χ1v) is 8.73. The highest BCUT2D eigenvalue weighted by molar-refractivity contribution is 5.80. The molecule has 0 aromatic heterocycles. The number of rotatable bonds is 8. The molecule has 0 spiro atoms. The van der Waals surface area contributed by atoms with Gasteiger partial charge in [0.15, 0.2) is 0 Å². The van der Waals surface area contributed by atoms with Gasteiger partial charge in [-0.05, 0) is 50.8 Å². The van der Waals surface area contributed by atoms with Crippen LogP contribution in [0, 0.1) is 0 Å². The topological polar surface area (TPSA) is 58.6 Å². The molecule has 5 nitrogen and oxygen atoms in total. The van der Waals surface area contributed by atoms with Crippen molar-refractivity contribution in [1.29, 1.82) is 0 Å². The zero-order chi connectivity index (χ0) is 17.6. The Kier molecular flexibility index (Phi) is 6.23. The normalized spacial score (nSPS) is 19.9. The van der Waals surface area contributed by atoms with Gasteiger partial charge in [0.2, 0.25) is 11.8 Å². The number of amides is 2. The Labute approximate surface area is 144 Å². The van der Waals surface area contributed by atoms with Crippen molar-refractivity contribution in [2.45, 2.75) is 51.5 Å². The summed E-state index contributed by atoms with van der Waals surface area (Å²) in [6.45, 7) is 5.44. The van der Waals surface area contributed by atoms with Crippen molar-refractivity contribution in [3.8, 4) is 5.75 Å². The van der Waals surface area contributed by atoms with Gasteiger partial charge in [0.25, 0.3) is 0 Å². The fourth-order valence-corrected chi connectivity index (χ4v) is 3.44. The molecular weight excluding hydrogens is 304 g/mol. The molecule has 0 aliphatic carbocycles. The SMILES string of the molecule is CCN(CC)C(=O)CCC1(Cc2cccc(OC)c2)CCC(=O)N1. The Morgan fingerprint density at radius 2 is 2.08 bits per heavy atom. The van der Waals surface area contributed by atoms with Crippen molar-refractivity contribution in [1.82, 2.24) is 10.2 Å². The van der Waals surface area contributed by atoms with Gasteiger partial charge >= 0.3 is 0 Å². The highest BCUT2D eigenvalue weighted by Crippen LogP contribution is 2.30. The van der Waals surface area contributed by atoms with Gasteiger partial charge in [0.05, 0.1) is 7.11 Å². The van der Waals surface area contributed by atoms with Crippen LogP contribution >= 0.6 is 0 Å². The number of hydrogen-bond acceptors (Lipinski definition) is 3. The smallest absolute Gasteiger partial charge is 0.222 e. The maximum Gasteiger partial charge on any atom is 0.222 e. The van der Waals surface area contributed by atoms with Crippen molar-refractivity contribution in [3.05, 3.63) is 29.8 Å². The Hall–Kier alpha value is -2.04. The van der Waals surface area contributed by atoms with Gasteiger partial charge in [0, 0.05) is 31.5 Å². The lowest BCUT2D eigenvalue weighted by molar-refractivity contribution is -0.131. The summed E-state index contributed by atoms with van der Waals surface area (Å²) in [4.78, 5) is 26.0. The standard InChI is InChI=1S/C19H28N2O3/c1-4-21(5-2)18(23)10-12-19(11-9-17(22)20-19)14-15-7-6-8-16(13-15)24-3/h6-8,13H,4-5,9-12,14H2,1-3H3,(H,20,22). The predicted molar refractivity (Wildman–Crippen MR) is 94.0 cm³/mol. The van der Waals surface area contributed by atoms with E-state index in [1.54, 1.807) is 7.11 Å². The van der Waals surface area contributed by atoms with E-state index in [-0.39, 0.29) is 17.4 Å². The molecule has 1 aromatic carbocycles. The first-order chi connectivity index (χ1) is 11.5. The lowest BCUT2D eigenvalue weighted by Gasteiger charge is -2.30. The molecule has 2 amide bonds. The lowest BCUT2D eigenvalue weighted by atomic mass is 9.85. The van der Waals surface area contributed by atoms with Crippen molar-refractivity contribution in [3.63, 3.8) is 0 Å². The Morgan fingerprint density at radius 1 is 1.33 bits per heavy atom. The van der Waals surface area contributed by atoms with E-state index in [0.717, 1.165) is 37.2 Å². The van der Waals surface area contributed by atoms with Crippen LogP contribution in [0.15, 0.2) is 24.3 Å². The molecule has 5 heteroatoms. The number of methoxy groups -OCH3 is 1. The average Bonchev–Trinajstić information content (AvgIpc) is 2.95. The zero-order valence-electron chi connectivity index (χ0n) is 14.9. The summed E-state index contributed by atoms with van der Waals surface area (Å²) in [5.74, 6) is 1.05. The Morgan fingerprint density at radius 3 is 2.67 bits per heavy atom. The quantitative estimate of drug-likeness (QED) is 0.796. The molecule has 1 aliphatic rings. The molecule has 1 aromatic rings. The summed E-state index contributed by atoms with van der Waals surface area (Å²) in [6.07, 6.45) is 3.16. The first kappa shape index (κ1) is 18.3. The van der Waals surface area contributed by atoms with Crippen molar-refractivity contribution < 1.29 is 14.3 Å². The third-order valence-electron chi connectivity index (χ3n) is 4.85. The van der Waals surface area contributed by atoms with E-state index in [9.17, 15) is 9.59 Å². The predicted octanol–water partition coefficient (Wildman–Crippen LogP) is 2.54. The van der Waals surface area contributed by atoms with E-state index >= 15 is 0 Å². The second-order valence-corrected chi connectivity index (χ2v) is 6.42. The summed E-state index contributed by atoms with van der Waals surface area (Å²) in [6, 6.07) is 7.91. The molecule has 1 heterocycles. The molecule has 1 fully saturated rings. The van der Waals surface area contributed by atoms with Crippen LogP contribution in [0.2, 0.25) is 0 Å². The van der Waals surface area contributed by atoms with Crippen LogP contribution in [0.3, 0.4) is 0 Å². The molecule has 1 unspecified atom stereocenters. The fourth-order valence-electron chi connectivity index (χ4n) is 3.44. The summed E-state index contributed by atoms with van der Waals surface area (Å²) >= 11 is 0. The van der Waals surface area contributed by atoms with E-state index in [1.165, 1.54) is 0 Å². The molecule has 24 heavy (non-hydrogen) atoms. The number of nitrogens with one attached hydrogen (secondary N) is 1. The number of nitrogens with zero attached hydrogens (tertiary/aromatic N) is 1. The molecule has 0 radical (unpaired) electrons. The molecule has 132 valence electrons. The van der Waals surface area contributed by atoms with E-state index < -0.39 is 0 Å². The monoisotopic (exact) mass is 332 g/mol. The average molecular weight is 332 g/mol. The highest BCUT2D eigenvalue weighted by Gasteiger charge is 2.38. The molecule has 0 bridgehead atoms. The molecule has 0 saturated carbocycles. The minimum Gasteiger partial charge on any atom is -0.497 e. The van der Waals surface area contributed by atoms with E-state index in [0.29, 0.717) is 19.3 Å². The number of hydrogen-bond donors (Lipinski definition) is 1. The molecule has 1 saturated heterocycles. The van der Waals surface area contributed by atoms with Gasteiger partial charge in [-0.15, -0.1) is 0 Å². The van der Waals surface area contributed by atoms with Crippen LogP contribution in [0.25, 0.3) is 0 Å². The maximum absolute atomic E-state index is 12.3. The minimum absolute atomic E-state index is 0.0770. The summed E-state index contributed by atoms with van der Waals surface area (Å²) in [5.41, 5.74) is 0.790. The van der Waals surface area contributed by atoms with Crippen LogP contribution < -0.4 is 10.1 Å². The van der Waals surface area contributed by atoms with Crippen LogP contribution in [-0.4, -0.2) is 42.5 Å². The summed E-state index contributed by atoms with van der Waals surface area (Å²) < 4.78 is 5.28. The molecule has 1 N–H and O–H groups in total. The van der Waals surface area contributed by atoms with Crippen LogP contribution in [-0.2, 0) is 16.0 Å². The third-order valence-corrected chi connectivity index (χ3v) is 4.85. The summed E-state index contributed by atoms with van der Waals surface area (Å²) in [5, 5.41) is 3.13. The number of carbonyl (C=O) groups is 2. The van der Waals surface area contributed by atoms with Crippen molar-refractivity contribution in [2.24, 2.45) is 0 Å². The van der Waals surface area contributed by atoms with Gasteiger partial charge < -0.3 is 15.0 Å². The first-order valence-electron chi connectivity index (χ1n) is 8.73. The zero-order valence-corrected chi connectivity index (χ0v) is 14.9. The van der Waals surface area contributed by atoms with Gasteiger partial charge in [-0.2, -0.15) is 0 Å². The van der Waals surface area contributed by atoms with Gasteiger partial charge in [0.1, 0.15) is 5.75 Å². The Balaban J connectivity index is 2.09. The van der Waals surface area contributed by atoms with Crippen LogP contribution in [0.5, 0.6) is 5.75 Å². The number of ether oxygens (including phenoxy) is 1. The van der Waals surface area contributed by atoms with Gasteiger partial charge in [-0.1, -0.05) is 12.1 Å². The van der Waals surface area contributed by atoms with Gasteiger partial charge in [-0.3, -0.25) is 9.59 Å². The molecule has 1 atom stereocenters. The Bertz CT molecular complexity index is 584. The fraction of sp³-hybridized carbons (Fsp3) is 0.579. The third kappa shape index (κ3) is 4.49. The number of benzene rings is 1. The van der Waals surface area contributed by atoms with Crippen molar-refractivity contribution in [2.75, 3.05) is 20.2 Å². The van der Waals surface area contributed by atoms with E-state index in [4.69, 9.17) is 4.74 Å². The van der Waals surface area contributed by atoms with Crippen LogP contribution in [0.1, 0.15) is 45.1 Å². The second-order valence-electron chi connectivity index (χ2n) is 6.42. The van der Waals surface area contributed by atoms with Crippen LogP contribution in [0.4, 0.5) is 0 Å². The number of carbonyl (C=O) groups excluding carboxylic acids is 2. The van der Waals surface area contributed by atoms with Crippen molar-refractivity contribution >= 4 is 11.8 Å². The van der Waals surface area contributed by atoms with E-state index in [2.05, 4.69) is 5.32 Å². The van der Waals surface area contributed by atoms with Gasteiger partial charge in [-0.25, -0.2) is 0 Å². The maximum atomic E-state index is 12.3. The largest absolute Gasteiger partial charge is 0.497 e. The van der Waals surface area contributed by atoms with E-state index in [1.807, 2.05) is 43.0 Å². The molecule has 1 aliphatic heterocycles. The highest BCUT2D eigenvalue weighted by atomic mass is 16.5. The lowest BCUT2D eigenvalue weighted by Crippen LogP contribution is -2.45.